The van der Waals surface area contributed by atoms with Gasteiger partial charge in [-0.1, -0.05) is 0 Å². The standard InChI is InChI=1S/C15H23N2O/c18-15-6-3-5-14-11-8-12(10-17(14)15)13-4-1-2-7-16(13)9-11/h9,11-14H,1-8,10H2/q+1/t11-,12-,13-,14+/m0/s1. The Balaban J connectivity index is 1.67. The summed E-state index contributed by atoms with van der Waals surface area (Å²) in [7, 11) is 0. The molecule has 1 amide bonds. The lowest BCUT2D eigenvalue weighted by molar-refractivity contribution is -0.589. The molecule has 0 spiro atoms. The van der Waals surface area contributed by atoms with Crippen LogP contribution >= 0.6 is 0 Å². The zero-order chi connectivity index (χ0) is 12.1. The molecule has 0 unspecified atom stereocenters. The van der Waals surface area contributed by atoms with Crippen molar-refractivity contribution in [3.63, 3.8) is 0 Å². The molecule has 3 heteroatoms. The van der Waals surface area contributed by atoms with Gasteiger partial charge in [-0.2, -0.15) is 0 Å². The van der Waals surface area contributed by atoms with E-state index in [2.05, 4.69) is 15.7 Å². The Morgan fingerprint density at radius 3 is 3.11 bits per heavy atom. The van der Waals surface area contributed by atoms with Gasteiger partial charge < -0.3 is 4.90 Å². The van der Waals surface area contributed by atoms with E-state index in [4.69, 9.17) is 0 Å². The number of nitrogens with zero attached hydrogens (tertiary/aromatic N) is 2. The van der Waals surface area contributed by atoms with Crippen LogP contribution in [0.25, 0.3) is 0 Å². The van der Waals surface area contributed by atoms with E-state index < -0.39 is 0 Å². The second-order valence-corrected chi connectivity index (χ2v) is 6.62. The number of rotatable bonds is 0. The number of hydrogen-bond donors (Lipinski definition) is 0. The van der Waals surface area contributed by atoms with E-state index >= 15 is 0 Å². The molecule has 2 bridgehead atoms. The molecule has 4 atom stereocenters. The van der Waals surface area contributed by atoms with Gasteiger partial charge in [0.25, 0.3) is 0 Å². The van der Waals surface area contributed by atoms with Crippen LogP contribution in [-0.2, 0) is 4.79 Å². The van der Waals surface area contributed by atoms with Gasteiger partial charge in [0.15, 0.2) is 6.04 Å². The summed E-state index contributed by atoms with van der Waals surface area (Å²) in [5, 5.41) is 0. The Hall–Kier alpha value is -0.860. The number of amides is 1. The average Bonchev–Trinajstić information content (AvgIpc) is 2.40. The molecule has 0 saturated carbocycles. The highest BCUT2D eigenvalue weighted by atomic mass is 16.2. The Kier molecular flexibility index (Phi) is 2.49. The SMILES string of the molecule is O=C1CCC[C@@H]2[C@@H]3C=[N+]4CCCC[C@H]4[C@@H](C3)CN12. The largest absolute Gasteiger partial charge is 0.338 e. The minimum atomic E-state index is 0.429. The number of carbonyl (C=O) groups is 1. The molecule has 0 aromatic carbocycles. The summed E-state index contributed by atoms with van der Waals surface area (Å²) in [5.74, 6) is 1.83. The maximum absolute atomic E-state index is 12.1. The van der Waals surface area contributed by atoms with E-state index in [-0.39, 0.29) is 0 Å². The van der Waals surface area contributed by atoms with Crippen molar-refractivity contribution in [1.82, 2.24) is 4.90 Å². The van der Waals surface area contributed by atoms with Gasteiger partial charge in [0.1, 0.15) is 12.8 Å². The molecule has 98 valence electrons. The maximum Gasteiger partial charge on any atom is 0.222 e. The molecule has 0 aromatic rings. The van der Waals surface area contributed by atoms with Crippen molar-refractivity contribution in [2.24, 2.45) is 11.8 Å². The summed E-state index contributed by atoms with van der Waals surface area (Å²) in [6, 6.07) is 1.27. The normalized spacial score (nSPS) is 43.0. The number of piperidine rings is 3. The van der Waals surface area contributed by atoms with Crippen LogP contribution in [-0.4, -0.2) is 46.8 Å². The zero-order valence-electron chi connectivity index (χ0n) is 11.1. The lowest BCUT2D eigenvalue weighted by atomic mass is 9.73. The highest BCUT2D eigenvalue weighted by Gasteiger charge is 2.49. The van der Waals surface area contributed by atoms with Crippen LogP contribution in [0, 0.1) is 11.8 Å². The van der Waals surface area contributed by atoms with Crippen LogP contribution in [0.15, 0.2) is 0 Å². The van der Waals surface area contributed by atoms with Crippen molar-refractivity contribution >= 4 is 12.1 Å². The minimum absolute atomic E-state index is 0.429. The summed E-state index contributed by atoms with van der Waals surface area (Å²) in [6.07, 6.45) is 11.1. The van der Waals surface area contributed by atoms with Gasteiger partial charge in [-0.15, -0.1) is 0 Å². The third kappa shape index (κ3) is 1.55. The smallest absolute Gasteiger partial charge is 0.222 e. The number of carbonyl (C=O) groups excluding carboxylic acids is 1. The molecule has 3 fully saturated rings. The summed E-state index contributed by atoms with van der Waals surface area (Å²) in [6.45, 7) is 2.31. The van der Waals surface area contributed by atoms with E-state index in [1.807, 2.05) is 0 Å². The van der Waals surface area contributed by atoms with Crippen LogP contribution in [0.2, 0.25) is 0 Å². The van der Waals surface area contributed by atoms with Crippen molar-refractivity contribution in [3.05, 3.63) is 0 Å². The van der Waals surface area contributed by atoms with Crippen LogP contribution in [0.5, 0.6) is 0 Å². The van der Waals surface area contributed by atoms with Gasteiger partial charge in [0.2, 0.25) is 5.91 Å². The van der Waals surface area contributed by atoms with Crippen molar-refractivity contribution in [2.45, 2.75) is 57.0 Å². The lowest BCUT2D eigenvalue weighted by Gasteiger charge is -2.49. The molecule has 3 nitrogen and oxygen atoms in total. The van der Waals surface area contributed by atoms with Crippen LogP contribution in [0.3, 0.4) is 0 Å². The predicted molar refractivity (Wildman–Crippen MR) is 69.8 cm³/mol. The fourth-order valence-electron chi connectivity index (χ4n) is 4.82. The summed E-state index contributed by atoms with van der Waals surface area (Å²) < 4.78 is 2.64. The van der Waals surface area contributed by atoms with Crippen molar-refractivity contribution in [1.29, 1.82) is 0 Å². The Labute approximate surface area is 109 Å². The van der Waals surface area contributed by atoms with Crippen molar-refractivity contribution in [2.75, 3.05) is 13.1 Å². The second kappa shape index (κ2) is 4.07. The van der Waals surface area contributed by atoms with Gasteiger partial charge in [0, 0.05) is 37.8 Å². The third-order valence-corrected chi connectivity index (χ3v) is 5.63. The quantitative estimate of drug-likeness (QED) is 0.597. The van der Waals surface area contributed by atoms with Crippen molar-refractivity contribution in [3.8, 4) is 0 Å². The van der Waals surface area contributed by atoms with E-state index in [9.17, 15) is 4.79 Å². The predicted octanol–water partition coefficient (Wildman–Crippen LogP) is 1.65. The van der Waals surface area contributed by atoms with Gasteiger partial charge in [-0.3, -0.25) is 4.79 Å². The molecular weight excluding hydrogens is 224 g/mol. The highest BCUT2D eigenvalue weighted by molar-refractivity contribution is 5.78. The molecular formula is C15H23N2O+. The molecule has 4 aliphatic heterocycles. The molecule has 0 N–H and O–H groups in total. The molecule has 4 aliphatic rings. The van der Waals surface area contributed by atoms with E-state index in [0.717, 1.165) is 31.3 Å². The highest BCUT2D eigenvalue weighted by Crippen LogP contribution is 2.39. The van der Waals surface area contributed by atoms with E-state index in [1.165, 1.54) is 38.6 Å². The van der Waals surface area contributed by atoms with Gasteiger partial charge in [0.05, 0.1) is 5.92 Å². The molecule has 0 radical (unpaired) electrons. The van der Waals surface area contributed by atoms with Crippen molar-refractivity contribution < 1.29 is 9.37 Å². The number of hydrogen-bond acceptors (Lipinski definition) is 1. The molecule has 3 saturated heterocycles. The fourth-order valence-corrected chi connectivity index (χ4v) is 4.82. The topological polar surface area (TPSA) is 23.3 Å². The summed E-state index contributed by atoms with van der Waals surface area (Å²) in [5.41, 5.74) is 0. The molecule has 4 rings (SSSR count). The van der Waals surface area contributed by atoms with Crippen LogP contribution in [0.1, 0.15) is 44.9 Å². The lowest BCUT2D eigenvalue weighted by Crippen LogP contribution is -2.60. The first-order valence-corrected chi connectivity index (χ1v) is 7.73. The van der Waals surface area contributed by atoms with E-state index in [1.54, 1.807) is 0 Å². The first-order valence-electron chi connectivity index (χ1n) is 7.73. The average molecular weight is 247 g/mol. The first-order chi connectivity index (χ1) is 8.83. The summed E-state index contributed by atoms with van der Waals surface area (Å²) >= 11 is 0. The Morgan fingerprint density at radius 2 is 2.17 bits per heavy atom. The van der Waals surface area contributed by atoms with E-state index in [0.29, 0.717) is 17.9 Å². The van der Waals surface area contributed by atoms with Gasteiger partial charge in [-0.05, 0) is 25.7 Å². The summed E-state index contributed by atoms with van der Waals surface area (Å²) in [4.78, 5) is 14.4. The second-order valence-electron chi connectivity index (χ2n) is 6.62. The molecule has 4 heterocycles. The number of fused-ring (bicyclic) bond motifs is 6. The Bertz CT molecular complexity index is 403. The zero-order valence-corrected chi connectivity index (χ0v) is 11.1. The molecule has 0 aromatic heterocycles. The van der Waals surface area contributed by atoms with Gasteiger partial charge >= 0.3 is 0 Å². The molecule has 0 aliphatic carbocycles. The first kappa shape index (κ1) is 11.0. The maximum atomic E-state index is 12.1. The van der Waals surface area contributed by atoms with Gasteiger partial charge in [-0.25, -0.2) is 4.58 Å². The third-order valence-electron chi connectivity index (χ3n) is 5.63. The minimum Gasteiger partial charge on any atom is -0.338 e. The van der Waals surface area contributed by atoms with Crippen LogP contribution < -0.4 is 0 Å². The fraction of sp³-hybridized carbons (Fsp3) is 0.867. The monoisotopic (exact) mass is 247 g/mol. The van der Waals surface area contributed by atoms with Crippen LogP contribution in [0.4, 0.5) is 0 Å². The molecule has 18 heavy (non-hydrogen) atoms. The Morgan fingerprint density at radius 1 is 1.22 bits per heavy atom.